The number of piperazine rings is 1. The zero-order valence-corrected chi connectivity index (χ0v) is 17.3. The van der Waals surface area contributed by atoms with E-state index in [-0.39, 0.29) is 29.0 Å². The predicted molar refractivity (Wildman–Crippen MR) is 108 cm³/mol. The number of carbonyl (C=O) groups excluding carboxylic acids is 1. The van der Waals surface area contributed by atoms with Gasteiger partial charge < -0.3 is 15.3 Å². The first-order valence-electron chi connectivity index (χ1n) is 9.25. The molecule has 0 radical (unpaired) electrons. The Balaban J connectivity index is 2.06. The lowest BCUT2D eigenvalue weighted by Crippen LogP contribution is -2.50. The van der Waals surface area contributed by atoms with Crippen molar-refractivity contribution in [3.05, 3.63) is 23.8 Å². The fourth-order valence-corrected chi connectivity index (χ4v) is 3.63. The molecule has 0 bridgehead atoms. The van der Waals surface area contributed by atoms with Crippen molar-refractivity contribution in [2.24, 2.45) is 0 Å². The first-order valence-corrected chi connectivity index (χ1v) is 10.9. The number of hydrogen-bond acceptors (Lipinski definition) is 6. The summed E-state index contributed by atoms with van der Waals surface area (Å²) in [4.78, 5) is 27.5. The Morgan fingerprint density at radius 3 is 2.36 bits per heavy atom. The van der Waals surface area contributed by atoms with E-state index in [9.17, 15) is 23.1 Å². The zero-order chi connectivity index (χ0) is 20.9. The Morgan fingerprint density at radius 1 is 1.18 bits per heavy atom. The summed E-state index contributed by atoms with van der Waals surface area (Å²) in [5.74, 6) is -1.34. The molecule has 10 heteroatoms. The van der Waals surface area contributed by atoms with Crippen LogP contribution >= 0.6 is 0 Å². The minimum absolute atomic E-state index is 0.0100. The highest BCUT2D eigenvalue weighted by atomic mass is 32.2. The number of hydrogen-bond donors (Lipinski definition) is 3. The molecule has 1 saturated heterocycles. The summed E-state index contributed by atoms with van der Waals surface area (Å²) in [6.07, 6.45) is 0. The number of anilines is 2. The quantitative estimate of drug-likeness (QED) is 0.578. The van der Waals surface area contributed by atoms with Crippen LogP contribution in [-0.2, 0) is 14.8 Å². The van der Waals surface area contributed by atoms with Gasteiger partial charge in [0.1, 0.15) is 0 Å². The molecule has 1 aromatic carbocycles. The largest absolute Gasteiger partial charge is 0.478 e. The van der Waals surface area contributed by atoms with Crippen molar-refractivity contribution in [1.29, 1.82) is 0 Å². The molecule has 0 unspecified atom stereocenters. The van der Waals surface area contributed by atoms with Crippen LogP contribution in [0.2, 0.25) is 0 Å². The number of nitrogens with one attached hydrogen (secondary N) is 2. The number of carboxylic acid groups (broad SMARTS) is 1. The molecule has 28 heavy (non-hydrogen) atoms. The van der Waals surface area contributed by atoms with E-state index in [0.29, 0.717) is 38.4 Å². The van der Waals surface area contributed by atoms with Crippen LogP contribution in [0.1, 0.15) is 31.1 Å². The third-order valence-electron chi connectivity index (χ3n) is 4.43. The number of nitrogens with zero attached hydrogens (tertiary/aromatic N) is 2. The second kappa shape index (κ2) is 9.24. The Kier molecular flexibility index (Phi) is 7.25. The molecule has 156 valence electrons. The minimum atomic E-state index is -3.57. The Morgan fingerprint density at radius 2 is 1.82 bits per heavy atom. The first kappa shape index (κ1) is 22.0. The van der Waals surface area contributed by atoms with E-state index in [0.717, 1.165) is 0 Å². The minimum Gasteiger partial charge on any atom is -0.478 e. The van der Waals surface area contributed by atoms with E-state index in [1.807, 2.05) is 18.7 Å². The molecule has 1 fully saturated rings. The van der Waals surface area contributed by atoms with Gasteiger partial charge in [-0.05, 0) is 39.0 Å². The van der Waals surface area contributed by atoms with Crippen LogP contribution in [0.4, 0.5) is 11.4 Å². The van der Waals surface area contributed by atoms with Crippen molar-refractivity contribution in [1.82, 2.24) is 10.2 Å². The van der Waals surface area contributed by atoms with Gasteiger partial charge in [0.2, 0.25) is 15.9 Å². The maximum atomic E-state index is 11.9. The zero-order valence-electron chi connectivity index (χ0n) is 16.4. The van der Waals surface area contributed by atoms with Gasteiger partial charge in [-0.25, -0.2) is 13.2 Å². The van der Waals surface area contributed by atoms with Gasteiger partial charge in [-0.1, -0.05) is 0 Å². The number of sulfonamides is 1. The van der Waals surface area contributed by atoms with E-state index in [1.54, 1.807) is 6.07 Å². The summed E-state index contributed by atoms with van der Waals surface area (Å²) in [5, 5.41) is 12.3. The molecule has 3 N–H and O–H groups in total. The molecule has 1 aliphatic heterocycles. The molecule has 1 amide bonds. The standard InChI is InChI=1S/C18H28N4O5S/c1-4-28(26,27)20-16-6-5-14(11-15(16)18(24)25)22-9-7-21(8-10-22)12-17(23)19-13(2)3/h5-6,11,13,20H,4,7-10,12H2,1-3H3,(H,19,23)(H,24,25). The highest BCUT2D eigenvalue weighted by molar-refractivity contribution is 7.92. The van der Waals surface area contributed by atoms with Gasteiger partial charge in [0.05, 0.1) is 23.5 Å². The number of rotatable bonds is 8. The van der Waals surface area contributed by atoms with E-state index in [4.69, 9.17) is 0 Å². The summed E-state index contributed by atoms with van der Waals surface area (Å²) in [7, 11) is -3.57. The summed E-state index contributed by atoms with van der Waals surface area (Å²) in [6, 6.07) is 4.78. The van der Waals surface area contributed by atoms with E-state index >= 15 is 0 Å². The van der Waals surface area contributed by atoms with Crippen molar-refractivity contribution in [2.75, 3.05) is 48.1 Å². The van der Waals surface area contributed by atoms with Crippen molar-refractivity contribution in [3.8, 4) is 0 Å². The molecule has 0 spiro atoms. The monoisotopic (exact) mass is 412 g/mol. The van der Waals surface area contributed by atoms with Crippen LogP contribution in [0.5, 0.6) is 0 Å². The van der Waals surface area contributed by atoms with E-state index < -0.39 is 16.0 Å². The Hall–Kier alpha value is -2.33. The normalized spacial score (nSPS) is 15.5. The van der Waals surface area contributed by atoms with Crippen LogP contribution < -0.4 is 14.9 Å². The van der Waals surface area contributed by atoms with Gasteiger partial charge in [-0.3, -0.25) is 14.4 Å². The molecular formula is C18H28N4O5S. The van der Waals surface area contributed by atoms with Crippen molar-refractivity contribution in [2.45, 2.75) is 26.8 Å². The van der Waals surface area contributed by atoms with Gasteiger partial charge >= 0.3 is 5.97 Å². The number of amides is 1. The predicted octanol–water partition coefficient (Wildman–Crippen LogP) is 0.793. The van der Waals surface area contributed by atoms with Crippen LogP contribution in [0.15, 0.2) is 18.2 Å². The molecule has 0 atom stereocenters. The summed E-state index contributed by atoms with van der Waals surface area (Å²) in [6.45, 7) is 8.31. The second-order valence-electron chi connectivity index (χ2n) is 7.03. The van der Waals surface area contributed by atoms with Gasteiger partial charge in [0.25, 0.3) is 0 Å². The molecule has 1 heterocycles. The lowest BCUT2D eigenvalue weighted by atomic mass is 10.1. The number of aromatic carboxylic acids is 1. The van der Waals surface area contributed by atoms with Gasteiger partial charge in [0, 0.05) is 37.9 Å². The van der Waals surface area contributed by atoms with Gasteiger partial charge in [-0.15, -0.1) is 0 Å². The molecule has 0 aliphatic carbocycles. The fourth-order valence-electron chi connectivity index (χ4n) is 2.97. The maximum absolute atomic E-state index is 11.9. The average Bonchev–Trinajstić information content (AvgIpc) is 2.61. The van der Waals surface area contributed by atoms with Crippen molar-refractivity contribution < 1.29 is 23.1 Å². The average molecular weight is 413 g/mol. The van der Waals surface area contributed by atoms with Gasteiger partial charge in [0.15, 0.2) is 0 Å². The first-order chi connectivity index (χ1) is 13.1. The lowest BCUT2D eigenvalue weighted by Gasteiger charge is -2.36. The van der Waals surface area contributed by atoms with Crippen LogP contribution in [-0.4, -0.2) is 74.8 Å². The van der Waals surface area contributed by atoms with E-state index in [1.165, 1.54) is 19.1 Å². The van der Waals surface area contributed by atoms with Crippen LogP contribution in [0, 0.1) is 0 Å². The van der Waals surface area contributed by atoms with Crippen LogP contribution in [0.3, 0.4) is 0 Å². The molecule has 0 saturated carbocycles. The number of carbonyl (C=O) groups is 2. The van der Waals surface area contributed by atoms with Crippen molar-refractivity contribution in [3.63, 3.8) is 0 Å². The summed E-state index contributed by atoms with van der Waals surface area (Å²) >= 11 is 0. The molecule has 9 nitrogen and oxygen atoms in total. The van der Waals surface area contributed by atoms with E-state index in [2.05, 4.69) is 14.9 Å². The Labute approximate surface area is 165 Å². The highest BCUT2D eigenvalue weighted by Gasteiger charge is 2.22. The SMILES string of the molecule is CCS(=O)(=O)Nc1ccc(N2CCN(CC(=O)NC(C)C)CC2)cc1C(=O)O. The molecule has 1 aromatic rings. The maximum Gasteiger partial charge on any atom is 0.337 e. The number of carboxylic acids is 1. The fraction of sp³-hybridized carbons (Fsp3) is 0.556. The molecular weight excluding hydrogens is 384 g/mol. The van der Waals surface area contributed by atoms with Crippen molar-refractivity contribution >= 4 is 33.3 Å². The second-order valence-corrected chi connectivity index (χ2v) is 9.04. The molecule has 0 aromatic heterocycles. The molecule has 2 rings (SSSR count). The van der Waals surface area contributed by atoms with Crippen LogP contribution in [0.25, 0.3) is 0 Å². The third-order valence-corrected chi connectivity index (χ3v) is 5.72. The smallest absolute Gasteiger partial charge is 0.337 e. The molecule has 1 aliphatic rings. The Bertz CT molecular complexity index is 817. The lowest BCUT2D eigenvalue weighted by molar-refractivity contribution is -0.122. The third kappa shape index (κ3) is 6.10. The highest BCUT2D eigenvalue weighted by Crippen LogP contribution is 2.25. The topological polar surface area (TPSA) is 119 Å². The summed E-state index contributed by atoms with van der Waals surface area (Å²) < 4.78 is 25.8. The van der Waals surface area contributed by atoms with Gasteiger partial charge in [-0.2, -0.15) is 0 Å². The summed E-state index contributed by atoms with van der Waals surface area (Å²) in [5.41, 5.74) is 0.679. The number of benzene rings is 1.